The molecule has 0 N–H and O–H groups in total. The molecule has 0 unspecified atom stereocenters. The summed E-state index contributed by atoms with van der Waals surface area (Å²) in [6, 6.07) is 2.18. The first-order valence-electron chi connectivity index (χ1n) is 6.59. The molecule has 0 amide bonds. The Balaban J connectivity index is 2.33. The molecule has 0 atom stereocenters. The highest BCUT2D eigenvalue weighted by Gasteiger charge is 2.52. The van der Waals surface area contributed by atoms with Crippen LogP contribution >= 0.6 is 22.9 Å². The normalized spacial score (nSPS) is 22.0. The molecule has 0 aliphatic carbocycles. The van der Waals surface area contributed by atoms with E-state index in [0.717, 1.165) is 9.80 Å². The van der Waals surface area contributed by atoms with Gasteiger partial charge in [0.15, 0.2) is 0 Å². The fourth-order valence-electron chi connectivity index (χ4n) is 1.88. The zero-order chi connectivity index (χ0) is 14.6. The first-order chi connectivity index (χ1) is 8.44. The topological polar surface area (TPSA) is 18.5 Å². The predicted octanol–water partition coefficient (Wildman–Crippen LogP) is 3.25. The van der Waals surface area contributed by atoms with Crippen LogP contribution < -0.4 is 9.96 Å². The molecule has 1 aliphatic rings. The van der Waals surface area contributed by atoms with Crippen LogP contribution in [0.5, 0.6) is 0 Å². The van der Waals surface area contributed by atoms with Gasteiger partial charge in [-0.2, -0.15) is 0 Å². The van der Waals surface area contributed by atoms with Crippen LogP contribution in [-0.2, 0) is 9.31 Å². The fraction of sp³-hybridized carbons (Fsp3) is 0.692. The molecule has 2 rings (SSSR count). The summed E-state index contributed by atoms with van der Waals surface area (Å²) in [5.74, 6) is 0. The van der Waals surface area contributed by atoms with Crippen molar-refractivity contribution in [2.75, 3.05) is 0 Å². The lowest BCUT2D eigenvalue weighted by molar-refractivity contribution is 0.00578. The molecule has 0 saturated carbocycles. The zero-order valence-corrected chi connectivity index (χ0v) is 15.3. The van der Waals surface area contributed by atoms with E-state index in [1.165, 1.54) is 4.50 Å². The predicted molar refractivity (Wildman–Crippen MR) is 88.0 cm³/mol. The monoisotopic (exact) mass is 316 g/mol. The molecule has 0 radical (unpaired) electrons. The van der Waals surface area contributed by atoms with Gasteiger partial charge < -0.3 is 9.31 Å². The summed E-state index contributed by atoms with van der Waals surface area (Å²) in [7, 11) is -1.69. The molecule has 6 heteroatoms. The summed E-state index contributed by atoms with van der Waals surface area (Å²) < 4.78 is 14.3. The van der Waals surface area contributed by atoms with Crippen LogP contribution in [0.2, 0.25) is 24.0 Å². The Morgan fingerprint density at radius 3 is 1.95 bits per heavy atom. The Kier molecular flexibility index (Phi) is 3.77. The second-order valence-corrected chi connectivity index (χ2v) is 14.2. The average molecular weight is 317 g/mol. The number of rotatable bonds is 2. The number of hydrogen-bond donors (Lipinski definition) is 0. The minimum atomic E-state index is -1.34. The van der Waals surface area contributed by atoms with Crippen molar-refractivity contribution in [3.8, 4) is 0 Å². The first-order valence-corrected chi connectivity index (χ1v) is 11.3. The van der Waals surface area contributed by atoms with Gasteiger partial charge >= 0.3 is 7.12 Å². The van der Waals surface area contributed by atoms with Crippen molar-refractivity contribution < 1.29 is 9.31 Å². The van der Waals surface area contributed by atoms with Gasteiger partial charge in [-0.1, -0.05) is 37.3 Å². The van der Waals surface area contributed by atoms with E-state index in [0.29, 0.717) is 0 Å². The molecule has 0 bridgehead atoms. The lowest BCUT2D eigenvalue weighted by Crippen LogP contribution is -2.41. The number of thiophene rings is 1. The summed E-state index contributed by atoms with van der Waals surface area (Å²) in [6.07, 6.45) is 0. The van der Waals surface area contributed by atoms with Gasteiger partial charge in [0, 0.05) is 5.46 Å². The van der Waals surface area contributed by atoms with E-state index in [1.807, 2.05) is 0 Å². The molecular formula is C13H22BClO2SSi. The molecule has 1 aromatic heterocycles. The highest BCUT2D eigenvalue weighted by atomic mass is 35.5. The third-order valence-electron chi connectivity index (χ3n) is 3.96. The minimum Gasteiger partial charge on any atom is -0.399 e. The van der Waals surface area contributed by atoms with Gasteiger partial charge in [0.05, 0.1) is 23.6 Å². The Morgan fingerprint density at radius 2 is 1.58 bits per heavy atom. The van der Waals surface area contributed by atoms with Crippen molar-refractivity contribution in [3.05, 3.63) is 10.4 Å². The van der Waals surface area contributed by atoms with Crippen LogP contribution in [-0.4, -0.2) is 26.4 Å². The van der Waals surface area contributed by atoms with Gasteiger partial charge in [-0.25, -0.2) is 0 Å². The van der Waals surface area contributed by atoms with E-state index in [9.17, 15) is 0 Å². The van der Waals surface area contributed by atoms with Crippen molar-refractivity contribution in [2.24, 2.45) is 0 Å². The molecule has 106 valence electrons. The summed E-state index contributed by atoms with van der Waals surface area (Å²) in [6.45, 7) is 15.2. The van der Waals surface area contributed by atoms with Crippen LogP contribution in [0.15, 0.2) is 6.07 Å². The third kappa shape index (κ3) is 2.81. The summed E-state index contributed by atoms with van der Waals surface area (Å²) >= 11 is 8.07. The standard InChI is InChI=1S/C13H22BClO2SSi/c1-12(2)13(3,4)17-14(16-12)9-8-10(18-11(9)15)19(5,6)7/h8H,1-7H3. The van der Waals surface area contributed by atoms with Gasteiger partial charge in [0.25, 0.3) is 0 Å². The molecule has 1 fully saturated rings. The SMILES string of the molecule is CC1(C)OB(c2cc([Si](C)(C)C)sc2Cl)OC1(C)C. The van der Waals surface area contributed by atoms with Crippen molar-refractivity contribution in [2.45, 2.75) is 58.5 Å². The molecule has 19 heavy (non-hydrogen) atoms. The van der Waals surface area contributed by atoms with Crippen LogP contribution in [0.3, 0.4) is 0 Å². The number of halogens is 1. The quantitative estimate of drug-likeness (QED) is 0.780. The Morgan fingerprint density at radius 1 is 1.11 bits per heavy atom. The summed E-state index contributed by atoms with van der Waals surface area (Å²) in [5, 5.41) is 0. The van der Waals surface area contributed by atoms with Gasteiger partial charge in [0.2, 0.25) is 0 Å². The van der Waals surface area contributed by atoms with Crippen LogP contribution in [0.1, 0.15) is 27.7 Å². The van der Waals surface area contributed by atoms with E-state index in [1.54, 1.807) is 11.3 Å². The van der Waals surface area contributed by atoms with E-state index >= 15 is 0 Å². The van der Waals surface area contributed by atoms with E-state index in [-0.39, 0.29) is 18.3 Å². The van der Waals surface area contributed by atoms with Crippen molar-refractivity contribution >= 4 is 48.1 Å². The van der Waals surface area contributed by atoms with Crippen molar-refractivity contribution in [1.82, 2.24) is 0 Å². The Labute approximate surface area is 126 Å². The second kappa shape index (κ2) is 4.60. The highest BCUT2D eigenvalue weighted by molar-refractivity contribution is 7.30. The number of hydrogen-bond acceptors (Lipinski definition) is 3. The van der Waals surface area contributed by atoms with E-state index in [2.05, 4.69) is 53.4 Å². The van der Waals surface area contributed by atoms with Crippen LogP contribution in [0.4, 0.5) is 0 Å². The van der Waals surface area contributed by atoms with Crippen LogP contribution in [0.25, 0.3) is 0 Å². The molecule has 1 aliphatic heterocycles. The zero-order valence-electron chi connectivity index (χ0n) is 12.8. The lowest BCUT2D eigenvalue weighted by Gasteiger charge is -2.32. The Bertz CT molecular complexity index is 477. The Hall–Kier alpha value is 0.192. The van der Waals surface area contributed by atoms with Gasteiger partial charge in [0.1, 0.15) is 0 Å². The van der Waals surface area contributed by atoms with E-state index < -0.39 is 8.07 Å². The molecular weight excluding hydrogens is 295 g/mol. The van der Waals surface area contributed by atoms with Crippen molar-refractivity contribution in [3.63, 3.8) is 0 Å². The maximum absolute atomic E-state index is 6.40. The fourth-order valence-corrected chi connectivity index (χ4v) is 5.24. The average Bonchev–Trinajstić information content (AvgIpc) is 2.65. The lowest BCUT2D eigenvalue weighted by atomic mass is 9.81. The van der Waals surface area contributed by atoms with Crippen LogP contribution in [0, 0.1) is 0 Å². The molecule has 0 spiro atoms. The molecule has 0 aromatic carbocycles. The smallest absolute Gasteiger partial charge is 0.399 e. The molecule has 2 heterocycles. The van der Waals surface area contributed by atoms with Gasteiger partial charge in [-0.05, 0) is 32.2 Å². The third-order valence-corrected chi connectivity index (χ3v) is 8.93. The molecule has 1 aromatic rings. The first kappa shape index (κ1) is 15.6. The molecule has 2 nitrogen and oxygen atoms in total. The maximum Gasteiger partial charge on any atom is 0.497 e. The second-order valence-electron chi connectivity index (χ2n) is 7.18. The van der Waals surface area contributed by atoms with Gasteiger partial charge in [-0.15, -0.1) is 11.3 Å². The summed E-state index contributed by atoms with van der Waals surface area (Å²) in [4.78, 5) is 0. The molecule has 1 saturated heterocycles. The van der Waals surface area contributed by atoms with Crippen molar-refractivity contribution in [1.29, 1.82) is 0 Å². The highest BCUT2D eigenvalue weighted by Crippen LogP contribution is 2.37. The largest absolute Gasteiger partial charge is 0.497 e. The van der Waals surface area contributed by atoms with Gasteiger partial charge in [-0.3, -0.25) is 0 Å². The maximum atomic E-state index is 6.40. The summed E-state index contributed by atoms with van der Waals surface area (Å²) in [5.41, 5.74) is 0.354. The van der Waals surface area contributed by atoms with E-state index in [4.69, 9.17) is 20.9 Å². The minimum absolute atomic E-state index is 0.317.